The van der Waals surface area contributed by atoms with Crippen LogP contribution in [0.15, 0.2) is 24.3 Å². The molecular formula is C36H73N2O2+. The first kappa shape index (κ1) is 39.3. The zero-order valence-electron chi connectivity index (χ0n) is 27.8. The zero-order chi connectivity index (χ0) is 29.4. The molecule has 0 aromatic rings. The Balaban J connectivity index is 3.92. The molecule has 0 fully saturated rings. The summed E-state index contributed by atoms with van der Waals surface area (Å²) in [7, 11) is 4.62. The van der Waals surface area contributed by atoms with Crippen molar-refractivity contribution >= 4 is 0 Å². The fourth-order valence-electron chi connectivity index (χ4n) is 5.06. The minimum Gasteiger partial charge on any atom is -0.375 e. The van der Waals surface area contributed by atoms with E-state index in [-0.39, 0.29) is 0 Å². The highest BCUT2D eigenvalue weighted by Crippen LogP contribution is 2.13. The normalized spacial score (nSPS) is 12.6. The zero-order valence-corrected chi connectivity index (χ0v) is 27.8. The van der Waals surface area contributed by atoms with E-state index in [0.717, 1.165) is 50.4 Å². The molecule has 0 radical (unpaired) electrons. The highest BCUT2D eigenvalue weighted by atomic mass is 16.5. The van der Waals surface area contributed by atoms with Crippen LogP contribution in [-0.2, 0) is 9.47 Å². The Morgan fingerprint density at radius 2 is 0.900 bits per heavy atom. The SMILES string of the molecule is CCCCC/C=C\CCCCCCCOCC(COCCCCCCC/C=C\CCCCC)[N+](C)(C)CCCN. The Hall–Kier alpha value is -0.680. The van der Waals surface area contributed by atoms with Crippen LogP contribution in [0.4, 0.5) is 0 Å². The highest BCUT2D eigenvalue weighted by molar-refractivity contribution is 4.81. The van der Waals surface area contributed by atoms with Crippen LogP contribution in [0, 0.1) is 0 Å². The number of nitrogens with two attached hydrogens (primary N) is 1. The predicted octanol–water partition coefficient (Wildman–Crippen LogP) is 9.77. The molecule has 0 aromatic heterocycles. The Morgan fingerprint density at radius 3 is 1.30 bits per heavy atom. The molecule has 0 rings (SSSR count). The summed E-state index contributed by atoms with van der Waals surface area (Å²) >= 11 is 0. The van der Waals surface area contributed by atoms with Gasteiger partial charge in [0, 0.05) is 19.6 Å². The van der Waals surface area contributed by atoms with Crippen molar-refractivity contribution in [1.82, 2.24) is 0 Å². The number of unbranched alkanes of at least 4 members (excludes halogenated alkanes) is 16. The monoisotopic (exact) mass is 566 g/mol. The summed E-state index contributed by atoms with van der Waals surface area (Å²) in [4.78, 5) is 0. The lowest BCUT2D eigenvalue weighted by atomic mass is 10.1. The second-order valence-corrected chi connectivity index (χ2v) is 12.5. The van der Waals surface area contributed by atoms with Crippen molar-refractivity contribution in [1.29, 1.82) is 0 Å². The molecule has 40 heavy (non-hydrogen) atoms. The van der Waals surface area contributed by atoms with E-state index in [1.54, 1.807) is 0 Å². The summed E-state index contributed by atoms with van der Waals surface area (Å²) in [6.07, 6.45) is 36.6. The number of hydrogen-bond donors (Lipinski definition) is 1. The fourth-order valence-corrected chi connectivity index (χ4v) is 5.06. The molecular weight excluding hydrogens is 492 g/mol. The summed E-state index contributed by atoms with van der Waals surface area (Å²) in [6, 6.07) is 0.375. The van der Waals surface area contributed by atoms with Crippen molar-refractivity contribution in [3.63, 3.8) is 0 Å². The van der Waals surface area contributed by atoms with Gasteiger partial charge in [-0.25, -0.2) is 0 Å². The summed E-state index contributed by atoms with van der Waals surface area (Å²) in [5.41, 5.74) is 5.82. The second kappa shape index (κ2) is 31.3. The Bertz CT molecular complexity index is 509. The Labute approximate surface area is 252 Å². The second-order valence-electron chi connectivity index (χ2n) is 12.5. The summed E-state index contributed by atoms with van der Waals surface area (Å²) < 4.78 is 13.3. The first-order valence-electron chi connectivity index (χ1n) is 17.6. The van der Waals surface area contributed by atoms with E-state index in [1.807, 2.05) is 0 Å². The van der Waals surface area contributed by atoms with Gasteiger partial charge in [0.2, 0.25) is 0 Å². The van der Waals surface area contributed by atoms with Crippen LogP contribution in [0.2, 0.25) is 0 Å². The van der Waals surface area contributed by atoms with Gasteiger partial charge < -0.3 is 19.7 Å². The molecule has 4 nitrogen and oxygen atoms in total. The number of hydrogen-bond acceptors (Lipinski definition) is 3. The number of nitrogens with zero attached hydrogens (tertiary/aromatic N) is 1. The largest absolute Gasteiger partial charge is 0.375 e. The van der Waals surface area contributed by atoms with Gasteiger partial charge >= 0.3 is 0 Å². The van der Waals surface area contributed by atoms with Crippen LogP contribution in [0.1, 0.15) is 149 Å². The van der Waals surface area contributed by atoms with Crippen LogP contribution in [0.5, 0.6) is 0 Å². The van der Waals surface area contributed by atoms with Gasteiger partial charge in [-0.2, -0.15) is 0 Å². The molecule has 0 spiro atoms. The van der Waals surface area contributed by atoms with Crippen molar-refractivity contribution in [2.45, 2.75) is 155 Å². The van der Waals surface area contributed by atoms with Crippen LogP contribution < -0.4 is 5.73 Å². The van der Waals surface area contributed by atoms with Gasteiger partial charge in [0.15, 0.2) is 0 Å². The molecule has 0 aromatic carbocycles. The third-order valence-electron chi connectivity index (χ3n) is 8.15. The molecule has 0 saturated heterocycles. The lowest BCUT2D eigenvalue weighted by molar-refractivity contribution is -0.916. The molecule has 0 amide bonds. The molecule has 238 valence electrons. The summed E-state index contributed by atoms with van der Waals surface area (Å²) in [5, 5.41) is 0. The smallest absolute Gasteiger partial charge is 0.136 e. The molecule has 2 N–H and O–H groups in total. The average molecular weight is 566 g/mol. The predicted molar refractivity (Wildman–Crippen MR) is 178 cm³/mol. The molecule has 0 unspecified atom stereocenters. The van der Waals surface area contributed by atoms with Crippen LogP contribution in [0.25, 0.3) is 0 Å². The molecule has 0 aliphatic rings. The van der Waals surface area contributed by atoms with Gasteiger partial charge in [-0.15, -0.1) is 0 Å². The quantitative estimate of drug-likeness (QED) is 0.0501. The molecule has 4 heteroatoms. The topological polar surface area (TPSA) is 44.5 Å². The number of allylic oxidation sites excluding steroid dienone is 4. The lowest BCUT2D eigenvalue weighted by Gasteiger charge is -2.38. The fraction of sp³-hybridized carbons (Fsp3) is 0.889. The number of rotatable bonds is 32. The Kier molecular flexibility index (Phi) is 30.7. The standard InChI is InChI=1S/C36H73N2O2/c1-5-7-9-11-13-15-17-19-21-23-25-27-32-39-34-36(38(3,4)31-29-30-37)35-40-33-28-26-24-22-20-18-16-14-12-10-8-6-2/h13-16,36H,5-12,17-35,37H2,1-4H3/q+1/b15-13-,16-14-. The van der Waals surface area contributed by atoms with E-state index in [1.165, 1.54) is 128 Å². The molecule has 0 aliphatic carbocycles. The highest BCUT2D eigenvalue weighted by Gasteiger charge is 2.28. The van der Waals surface area contributed by atoms with Gasteiger partial charge in [0.05, 0.1) is 20.6 Å². The van der Waals surface area contributed by atoms with E-state index < -0.39 is 0 Å². The molecule has 0 heterocycles. The molecule has 0 saturated carbocycles. The maximum atomic E-state index is 6.18. The van der Waals surface area contributed by atoms with Gasteiger partial charge in [-0.3, -0.25) is 0 Å². The summed E-state index contributed by atoms with van der Waals surface area (Å²) in [6.45, 7) is 9.68. The van der Waals surface area contributed by atoms with Gasteiger partial charge in [-0.05, 0) is 70.8 Å². The van der Waals surface area contributed by atoms with E-state index in [9.17, 15) is 0 Å². The third-order valence-corrected chi connectivity index (χ3v) is 8.15. The Morgan fingerprint density at radius 1 is 0.525 bits per heavy atom. The summed E-state index contributed by atoms with van der Waals surface area (Å²) in [5.74, 6) is 0. The third kappa shape index (κ3) is 27.5. The van der Waals surface area contributed by atoms with E-state index in [4.69, 9.17) is 15.2 Å². The van der Waals surface area contributed by atoms with Gasteiger partial charge in [0.25, 0.3) is 0 Å². The van der Waals surface area contributed by atoms with Crippen LogP contribution in [-0.4, -0.2) is 64.1 Å². The average Bonchev–Trinajstić information content (AvgIpc) is 2.95. The lowest BCUT2D eigenvalue weighted by Crippen LogP contribution is -2.54. The van der Waals surface area contributed by atoms with Crippen molar-refractivity contribution in [3.05, 3.63) is 24.3 Å². The molecule has 0 bridgehead atoms. The number of quaternary nitrogens is 1. The van der Waals surface area contributed by atoms with E-state index in [2.05, 4.69) is 52.2 Å². The maximum absolute atomic E-state index is 6.18. The van der Waals surface area contributed by atoms with Crippen molar-refractivity contribution < 1.29 is 14.0 Å². The van der Waals surface area contributed by atoms with Gasteiger partial charge in [-0.1, -0.05) is 102 Å². The van der Waals surface area contributed by atoms with Gasteiger partial charge in [0.1, 0.15) is 19.3 Å². The minimum atomic E-state index is 0.375. The van der Waals surface area contributed by atoms with Crippen LogP contribution in [0.3, 0.4) is 0 Å². The molecule has 0 aliphatic heterocycles. The first-order chi connectivity index (χ1) is 19.6. The number of likely N-dealkylation sites (N-methyl/N-ethyl adjacent to an activating group) is 1. The maximum Gasteiger partial charge on any atom is 0.136 e. The van der Waals surface area contributed by atoms with Crippen molar-refractivity contribution in [3.8, 4) is 0 Å². The minimum absolute atomic E-state index is 0.375. The van der Waals surface area contributed by atoms with Crippen molar-refractivity contribution in [2.24, 2.45) is 5.73 Å². The first-order valence-corrected chi connectivity index (χ1v) is 17.6. The van der Waals surface area contributed by atoms with E-state index >= 15 is 0 Å². The number of ether oxygens (including phenoxy) is 2. The van der Waals surface area contributed by atoms with Crippen molar-refractivity contribution in [2.75, 3.05) is 53.6 Å². The van der Waals surface area contributed by atoms with E-state index in [0.29, 0.717) is 6.04 Å². The molecule has 0 atom stereocenters. The van der Waals surface area contributed by atoms with Crippen LogP contribution >= 0.6 is 0 Å².